The summed E-state index contributed by atoms with van der Waals surface area (Å²) in [7, 11) is 1.58. The summed E-state index contributed by atoms with van der Waals surface area (Å²) in [5.74, 6) is 0.466. The number of hydrogen-bond donors (Lipinski definition) is 1. The van der Waals surface area contributed by atoms with E-state index >= 15 is 0 Å². The van der Waals surface area contributed by atoms with E-state index in [0.29, 0.717) is 22.6 Å². The van der Waals surface area contributed by atoms with Crippen LogP contribution in [0.4, 0.5) is 0 Å². The molecular weight excluding hydrogens is 428 g/mol. The first-order valence-electron chi connectivity index (χ1n) is 9.95. The van der Waals surface area contributed by atoms with E-state index in [-0.39, 0.29) is 29.3 Å². The second-order valence-electron chi connectivity index (χ2n) is 7.19. The summed E-state index contributed by atoms with van der Waals surface area (Å²) in [6.07, 6.45) is 3.07. The van der Waals surface area contributed by atoms with Gasteiger partial charge in [-0.25, -0.2) is 4.79 Å². The normalized spacial score (nSPS) is 20.0. The molecule has 7 nitrogen and oxygen atoms in total. The van der Waals surface area contributed by atoms with Gasteiger partial charge in [-0.3, -0.25) is 14.7 Å². The molecule has 4 rings (SSSR count). The first-order chi connectivity index (χ1) is 15.5. The lowest BCUT2D eigenvalue weighted by Crippen LogP contribution is -2.64. The van der Waals surface area contributed by atoms with E-state index in [4.69, 9.17) is 9.47 Å². The predicted molar refractivity (Wildman–Crippen MR) is 123 cm³/mol. The topological polar surface area (TPSA) is 88.4 Å². The molecule has 0 aromatic heterocycles. The molecule has 0 aliphatic carbocycles. The lowest BCUT2D eigenvalue weighted by atomic mass is 10.0. The van der Waals surface area contributed by atoms with Gasteiger partial charge in [0.25, 0.3) is 5.91 Å². The minimum Gasteiger partial charge on any atom is -0.507 e. The molecule has 0 radical (unpaired) electrons. The van der Waals surface area contributed by atoms with Crippen molar-refractivity contribution in [3.05, 3.63) is 83.6 Å². The molecule has 1 amide bonds. The summed E-state index contributed by atoms with van der Waals surface area (Å²) in [4.78, 5) is 31.6. The number of thioether (sulfide) groups is 1. The van der Waals surface area contributed by atoms with Crippen molar-refractivity contribution in [2.24, 2.45) is 4.99 Å². The zero-order valence-corrected chi connectivity index (χ0v) is 18.2. The van der Waals surface area contributed by atoms with Crippen LogP contribution < -0.4 is 4.74 Å². The van der Waals surface area contributed by atoms with Crippen molar-refractivity contribution in [2.45, 2.75) is 18.0 Å². The highest BCUT2D eigenvalue weighted by atomic mass is 32.2. The summed E-state index contributed by atoms with van der Waals surface area (Å²) in [5.41, 5.74) is 2.21. The number of para-hydroxylation sites is 1. The van der Waals surface area contributed by atoms with Gasteiger partial charge in [0.05, 0.1) is 7.11 Å². The van der Waals surface area contributed by atoms with Gasteiger partial charge in [0, 0.05) is 17.5 Å². The second kappa shape index (κ2) is 9.32. The molecule has 0 saturated carbocycles. The van der Waals surface area contributed by atoms with Gasteiger partial charge in [-0.05, 0) is 35.4 Å². The number of aromatic hydroxyl groups is 1. The number of fused-ring (bicyclic) bond motifs is 1. The van der Waals surface area contributed by atoms with E-state index in [1.165, 1.54) is 22.9 Å². The van der Waals surface area contributed by atoms with E-state index in [1.54, 1.807) is 49.6 Å². The number of ether oxygens (including phenoxy) is 2. The van der Waals surface area contributed by atoms with Crippen molar-refractivity contribution in [1.82, 2.24) is 4.90 Å². The first-order valence-corrected chi connectivity index (χ1v) is 11.0. The van der Waals surface area contributed by atoms with Crippen LogP contribution in [-0.4, -0.2) is 52.4 Å². The third-order valence-corrected chi connectivity index (χ3v) is 6.54. The fourth-order valence-corrected chi connectivity index (χ4v) is 4.80. The molecule has 2 aromatic rings. The number of carbonyl (C=O) groups excluding carboxylic acids is 2. The molecule has 2 heterocycles. The van der Waals surface area contributed by atoms with Gasteiger partial charge in [-0.2, -0.15) is 0 Å². The number of rotatable bonds is 7. The van der Waals surface area contributed by atoms with Crippen LogP contribution in [0.1, 0.15) is 11.1 Å². The fourth-order valence-electron chi connectivity index (χ4n) is 3.47. The van der Waals surface area contributed by atoms with Crippen molar-refractivity contribution in [3.63, 3.8) is 0 Å². The maximum Gasteiger partial charge on any atom is 0.355 e. The average Bonchev–Trinajstić information content (AvgIpc) is 2.83. The average molecular weight is 451 g/mol. The molecule has 0 unspecified atom stereocenters. The number of methoxy groups -OCH3 is 1. The van der Waals surface area contributed by atoms with E-state index in [2.05, 4.69) is 11.6 Å². The molecule has 164 valence electrons. The summed E-state index contributed by atoms with van der Waals surface area (Å²) < 4.78 is 10.6. The predicted octanol–water partition coefficient (Wildman–Crippen LogP) is 3.29. The Kier molecular flexibility index (Phi) is 6.32. The van der Waals surface area contributed by atoms with Gasteiger partial charge in [-0.15, -0.1) is 11.8 Å². The third-order valence-electron chi connectivity index (χ3n) is 5.25. The maximum atomic E-state index is 12.9. The molecule has 1 fully saturated rings. The van der Waals surface area contributed by atoms with Crippen LogP contribution in [0.15, 0.2) is 77.4 Å². The molecule has 1 saturated heterocycles. The highest BCUT2D eigenvalue weighted by Crippen LogP contribution is 2.42. The largest absolute Gasteiger partial charge is 0.507 e. The van der Waals surface area contributed by atoms with E-state index in [1.807, 2.05) is 12.1 Å². The number of esters is 1. The number of amides is 1. The molecule has 2 aliphatic heterocycles. The number of phenolic OH excluding ortho intramolecular Hbond substituents is 1. The smallest absolute Gasteiger partial charge is 0.355 e. The monoisotopic (exact) mass is 450 g/mol. The minimum absolute atomic E-state index is 0.0749. The van der Waals surface area contributed by atoms with Crippen LogP contribution in [0, 0.1) is 0 Å². The van der Waals surface area contributed by atoms with E-state index < -0.39 is 12.0 Å². The second-order valence-corrected chi connectivity index (χ2v) is 8.30. The number of nitrogens with zero attached hydrogens (tertiary/aromatic N) is 2. The Morgan fingerprint density at radius 3 is 2.72 bits per heavy atom. The van der Waals surface area contributed by atoms with Crippen LogP contribution in [0.2, 0.25) is 0 Å². The van der Waals surface area contributed by atoms with Gasteiger partial charge in [0.2, 0.25) is 0 Å². The molecule has 1 N–H and O–H groups in total. The number of allylic oxidation sites excluding steroid dienone is 1. The number of hydrogen-bond acceptors (Lipinski definition) is 7. The lowest BCUT2D eigenvalue weighted by Gasteiger charge is -2.47. The summed E-state index contributed by atoms with van der Waals surface area (Å²) in [6.45, 7) is 3.85. The number of phenols is 1. The molecule has 32 heavy (non-hydrogen) atoms. The lowest BCUT2D eigenvalue weighted by molar-refractivity contribution is -0.151. The number of benzene rings is 2. The van der Waals surface area contributed by atoms with Gasteiger partial charge < -0.3 is 14.6 Å². The third kappa shape index (κ3) is 4.13. The van der Waals surface area contributed by atoms with Crippen molar-refractivity contribution < 1.29 is 24.2 Å². The number of carbonyl (C=O) groups is 2. The van der Waals surface area contributed by atoms with Crippen molar-refractivity contribution in [2.75, 3.05) is 12.9 Å². The van der Waals surface area contributed by atoms with Crippen LogP contribution in [0.3, 0.4) is 0 Å². The number of β-lactam (4-membered cyclic amide) rings is 1. The quantitative estimate of drug-likeness (QED) is 0.396. The number of aliphatic imine (C=N–C) groups is 1. The standard InChI is InChI=1S/C24H22N2O5S/c1-3-16-14-32-23-20(25-12-17-6-4-5-7-19(17)27)22(28)26(23)21(16)24(29)31-13-15-8-10-18(30-2)11-9-15/h3-12,20,23,27H,1,13-14H2,2H3/t20-,23-/m1/s1. The molecular formula is C24H22N2O5S. The minimum atomic E-state index is -0.629. The van der Waals surface area contributed by atoms with Crippen molar-refractivity contribution in [3.8, 4) is 11.5 Å². The van der Waals surface area contributed by atoms with E-state index in [0.717, 1.165) is 5.56 Å². The van der Waals surface area contributed by atoms with Gasteiger partial charge >= 0.3 is 5.97 Å². The van der Waals surface area contributed by atoms with E-state index in [9.17, 15) is 14.7 Å². The molecule has 2 aliphatic rings. The van der Waals surface area contributed by atoms with Crippen molar-refractivity contribution >= 4 is 29.9 Å². The van der Waals surface area contributed by atoms with Crippen LogP contribution in [0.25, 0.3) is 0 Å². The molecule has 2 aromatic carbocycles. The van der Waals surface area contributed by atoms with Crippen LogP contribution in [0.5, 0.6) is 11.5 Å². The highest BCUT2D eigenvalue weighted by molar-refractivity contribution is 8.00. The zero-order valence-electron chi connectivity index (χ0n) is 17.4. The Balaban J connectivity index is 1.47. The molecule has 0 spiro atoms. The Labute approximate surface area is 190 Å². The zero-order chi connectivity index (χ0) is 22.7. The Morgan fingerprint density at radius 1 is 1.28 bits per heavy atom. The Bertz CT molecular complexity index is 1110. The highest BCUT2D eigenvalue weighted by Gasteiger charge is 2.53. The summed E-state index contributed by atoms with van der Waals surface area (Å²) in [5, 5.41) is 9.59. The van der Waals surface area contributed by atoms with Crippen LogP contribution >= 0.6 is 11.8 Å². The van der Waals surface area contributed by atoms with Gasteiger partial charge in [-0.1, -0.05) is 36.9 Å². The maximum absolute atomic E-state index is 12.9. The fraction of sp³-hybridized carbons (Fsp3) is 0.208. The summed E-state index contributed by atoms with van der Waals surface area (Å²) in [6, 6.07) is 13.3. The Morgan fingerprint density at radius 2 is 2.03 bits per heavy atom. The SMILES string of the molecule is C=CC1=C(C(=O)OCc2ccc(OC)cc2)N2C(=O)[C@@H](N=Cc3ccccc3O)[C@H]2SC1. The molecule has 8 heteroatoms. The molecule has 2 atom stereocenters. The van der Waals surface area contributed by atoms with Gasteiger partial charge in [0.15, 0.2) is 6.04 Å². The van der Waals surface area contributed by atoms with Crippen molar-refractivity contribution in [1.29, 1.82) is 0 Å². The Hall–Kier alpha value is -3.52. The van der Waals surface area contributed by atoms with Crippen LogP contribution in [-0.2, 0) is 20.9 Å². The van der Waals surface area contributed by atoms with Gasteiger partial charge in [0.1, 0.15) is 29.2 Å². The first kappa shape index (κ1) is 21.7. The summed E-state index contributed by atoms with van der Waals surface area (Å²) >= 11 is 1.51. The molecule has 0 bridgehead atoms.